The number of rotatable bonds is 8. The van der Waals surface area contributed by atoms with Crippen LogP contribution in [0.4, 0.5) is 0 Å². The Bertz CT molecular complexity index is 756. The minimum Gasteiger partial charge on any atom is -0.469 e. The summed E-state index contributed by atoms with van der Waals surface area (Å²) in [5.41, 5.74) is 2.42. The van der Waals surface area contributed by atoms with Crippen molar-refractivity contribution in [2.45, 2.75) is 26.2 Å². The minimum atomic E-state index is 0.801. The molecule has 2 heterocycles. The van der Waals surface area contributed by atoms with Gasteiger partial charge in [0.2, 0.25) is 0 Å². The molecule has 0 fully saturated rings. The highest BCUT2D eigenvalue weighted by Crippen LogP contribution is 2.14. The van der Waals surface area contributed by atoms with Gasteiger partial charge in [0.05, 0.1) is 6.26 Å². The Hall–Kier alpha value is -2.69. The van der Waals surface area contributed by atoms with Crippen LogP contribution in [0.2, 0.25) is 0 Å². The number of aromatic nitrogens is 1. The van der Waals surface area contributed by atoms with Crippen LogP contribution in [0.25, 0.3) is 10.9 Å². The van der Waals surface area contributed by atoms with E-state index in [1.54, 1.807) is 6.26 Å². The van der Waals surface area contributed by atoms with Crippen molar-refractivity contribution in [2.75, 3.05) is 19.6 Å². The normalized spacial score (nSPS) is 11.8. The molecule has 0 unspecified atom stereocenters. The van der Waals surface area contributed by atoms with E-state index in [0.717, 1.165) is 50.6 Å². The molecule has 132 valence electrons. The van der Waals surface area contributed by atoms with Gasteiger partial charge >= 0.3 is 0 Å². The Labute approximate surface area is 148 Å². The number of H-pyrrole nitrogens is 1. The number of para-hydroxylation sites is 1. The van der Waals surface area contributed by atoms with E-state index in [4.69, 9.17) is 4.42 Å². The second-order valence-electron chi connectivity index (χ2n) is 6.05. The number of fused-ring (bicyclic) bond motifs is 1. The third-order valence-corrected chi connectivity index (χ3v) is 4.01. The van der Waals surface area contributed by atoms with Crippen LogP contribution >= 0.6 is 0 Å². The molecule has 0 saturated carbocycles. The number of hydrogen-bond acceptors (Lipinski definition) is 2. The average Bonchev–Trinajstić information content (AvgIpc) is 3.28. The van der Waals surface area contributed by atoms with Gasteiger partial charge in [-0.15, -0.1) is 0 Å². The van der Waals surface area contributed by atoms with Gasteiger partial charge in [-0.05, 0) is 36.1 Å². The lowest BCUT2D eigenvalue weighted by Crippen LogP contribution is -2.39. The fourth-order valence-corrected chi connectivity index (χ4v) is 2.74. The number of aromatic amines is 1. The van der Waals surface area contributed by atoms with Gasteiger partial charge in [-0.1, -0.05) is 25.1 Å². The third kappa shape index (κ3) is 5.14. The summed E-state index contributed by atoms with van der Waals surface area (Å²) in [6, 6.07) is 14.5. The second-order valence-corrected chi connectivity index (χ2v) is 6.05. The molecular formula is C20H26N4O. The van der Waals surface area contributed by atoms with Gasteiger partial charge < -0.3 is 20.0 Å². The Morgan fingerprint density at radius 1 is 1.08 bits per heavy atom. The van der Waals surface area contributed by atoms with Crippen molar-refractivity contribution in [3.05, 3.63) is 60.2 Å². The number of guanidine groups is 1. The maximum atomic E-state index is 5.36. The Balaban J connectivity index is 1.47. The zero-order valence-corrected chi connectivity index (χ0v) is 14.7. The number of nitrogens with one attached hydrogen (secondary N) is 3. The molecule has 5 nitrogen and oxygen atoms in total. The number of furan rings is 1. The van der Waals surface area contributed by atoms with Crippen LogP contribution in [-0.2, 0) is 12.8 Å². The first-order valence-corrected chi connectivity index (χ1v) is 8.96. The summed E-state index contributed by atoms with van der Waals surface area (Å²) in [5, 5.41) is 8.05. The molecule has 25 heavy (non-hydrogen) atoms. The van der Waals surface area contributed by atoms with E-state index in [1.807, 2.05) is 12.1 Å². The summed E-state index contributed by atoms with van der Waals surface area (Å²) >= 11 is 0. The summed E-state index contributed by atoms with van der Waals surface area (Å²) in [7, 11) is 0. The first-order chi connectivity index (χ1) is 12.3. The van der Waals surface area contributed by atoms with E-state index in [-0.39, 0.29) is 0 Å². The van der Waals surface area contributed by atoms with Gasteiger partial charge in [-0.2, -0.15) is 0 Å². The van der Waals surface area contributed by atoms with Gasteiger partial charge in [-0.25, -0.2) is 0 Å². The first-order valence-electron chi connectivity index (χ1n) is 8.96. The van der Waals surface area contributed by atoms with E-state index < -0.39 is 0 Å². The van der Waals surface area contributed by atoms with E-state index >= 15 is 0 Å². The molecule has 3 aromatic rings. The van der Waals surface area contributed by atoms with Gasteiger partial charge in [0.1, 0.15) is 5.76 Å². The van der Waals surface area contributed by atoms with Crippen molar-refractivity contribution in [1.29, 1.82) is 0 Å². The van der Waals surface area contributed by atoms with E-state index in [2.05, 4.69) is 57.9 Å². The average molecular weight is 338 g/mol. The van der Waals surface area contributed by atoms with Crippen molar-refractivity contribution in [2.24, 2.45) is 4.99 Å². The molecule has 3 N–H and O–H groups in total. The lowest BCUT2D eigenvalue weighted by Gasteiger charge is -2.11. The van der Waals surface area contributed by atoms with Crippen molar-refractivity contribution in [3.63, 3.8) is 0 Å². The van der Waals surface area contributed by atoms with Crippen molar-refractivity contribution < 1.29 is 4.42 Å². The van der Waals surface area contributed by atoms with E-state index in [9.17, 15) is 0 Å². The Morgan fingerprint density at radius 3 is 2.68 bits per heavy atom. The fraction of sp³-hybridized carbons (Fsp3) is 0.350. The van der Waals surface area contributed by atoms with Crippen LogP contribution in [0.15, 0.2) is 58.1 Å². The molecule has 0 bridgehead atoms. The summed E-state index contributed by atoms with van der Waals surface area (Å²) in [4.78, 5) is 8.05. The summed E-state index contributed by atoms with van der Waals surface area (Å²) in [5.74, 6) is 1.85. The van der Waals surface area contributed by atoms with Crippen LogP contribution in [0.5, 0.6) is 0 Å². The maximum absolute atomic E-state index is 5.36. The van der Waals surface area contributed by atoms with E-state index in [1.165, 1.54) is 16.6 Å². The van der Waals surface area contributed by atoms with Crippen LogP contribution in [0.1, 0.15) is 24.8 Å². The standard InChI is InChI=1S/C20H26N4O/c1-2-11-21-20(23-13-10-18-7-5-14-25-18)22-12-9-17-15-16-6-3-4-8-19(16)24-17/h3-8,14-15,24H,2,9-13H2,1H3,(H2,21,22,23). The van der Waals surface area contributed by atoms with Crippen molar-refractivity contribution >= 4 is 16.9 Å². The number of benzene rings is 1. The lowest BCUT2D eigenvalue weighted by molar-refractivity contribution is 0.506. The van der Waals surface area contributed by atoms with Gasteiger partial charge in [0.25, 0.3) is 0 Å². The molecule has 0 saturated heterocycles. The molecule has 0 atom stereocenters. The quantitative estimate of drug-likeness (QED) is 0.435. The van der Waals surface area contributed by atoms with Crippen molar-refractivity contribution in [1.82, 2.24) is 15.6 Å². The molecule has 2 aromatic heterocycles. The van der Waals surface area contributed by atoms with Gasteiger partial charge in [0.15, 0.2) is 5.96 Å². The number of nitrogens with zero attached hydrogens (tertiary/aromatic N) is 1. The molecule has 0 aliphatic carbocycles. The molecule has 0 aliphatic rings. The van der Waals surface area contributed by atoms with Crippen LogP contribution in [0, 0.1) is 0 Å². The van der Waals surface area contributed by atoms with Crippen molar-refractivity contribution in [3.8, 4) is 0 Å². The van der Waals surface area contributed by atoms with Crippen LogP contribution < -0.4 is 10.6 Å². The fourth-order valence-electron chi connectivity index (χ4n) is 2.74. The summed E-state index contributed by atoms with van der Waals surface area (Å²) in [6.45, 7) is 4.59. The zero-order chi connectivity index (χ0) is 17.3. The van der Waals surface area contributed by atoms with Gasteiger partial charge in [0, 0.05) is 43.7 Å². The molecule has 1 aromatic carbocycles. The monoisotopic (exact) mass is 338 g/mol. The van der Waals surface area contributed by atoms with Crippen LogP contribution in [0.3, 0.4) is 0 Å². The smallest absolute Gasteiger partial charge is 0.191 e. The summed E-state index contributed by atoms with van der Waals surface area (Å²) in [6.07, 6.45) is 4.52. The highest BCUT2D eigenvalue weighted by molar-refractivity contribution is 5.81. The highest BCUT2D eigenvalue weighted by atomic mass is 16.3. The number of hydrogen-bond donors (Lipinski definition) is 3. The lowest BCUT2D eigenvalue weighted by atomic mass is 10.2. The Kier molecular flexibility index (Phi) is 6.15. The third-order valence-electron chi connectivity index (χ3n) is 4.01. The maximum Gasteiger partial charge on any atom is 0.191 e. The molecule has 5 heteroatoms. The molecule has 0 aliphatic heterocycles. The predicted octanol–water partition coefficient (Wildman–Crippen LogP) is 3.49. The van der Waals surface area contributed by atoms with Crippen LogP contribution in [-0.4, -0.2) is 30.6 Å². The van der Waals surface area contributed by atoms with Gasteiger partial charge in [-0.3, -0.25) is 4.99 Å². The molecule has 0 radical (unpaired) electrons. The Morgan fingerprint density at radius 2 is 1.92 bits per heavy atom. The summed E-state index contributed by atoms with van der Waals surface area (Å²) < 4.78 is 5.36. The SMILES string of the molecule is CCCN=C(NCCc1cc2ccccc2[nH]1)NCCc1ccco1. The molecular weight excluding hydrogens is 312 g/mol. The predicted molar refractivity (Wildman–Crippen MR) is 103 cm³/mol. The first kappa shape index (κ1) is 17.1. The topological polar surface area (TPSA) is 65.3 Å². The molecule has 0 spiro atoms. The van der Waals surface area contributed by atoms with E-state index in [0.29, 0.717) is 0 Å². The zero-order valence-electron chi connectivity index (χ0n) is 14.7. The largest absolute Gasteiger partial charge is 0.469 e. The highest BCUT2D eigenvalue weighted by Gasteiger charge is 2.02. The molecule has 0 amide bonds. The number of aliphatic imine (C=N–C) groups is 1. The minimum absolute atomic E-state index is 0.801. The second kappa shape index (κ2) is 8.97. The molecule has 3 rings (SSSR count).